The number of imidazole rings is 1. The average Bonchev–Trinajstić information content (AvgIpc) is 2.81. The Labute approximate surface area is 133 Å². The third-order valence-electron chi connectivity index (χ3n) is 3.50. The van der Waals surface area contributed by atoms with Gasteiger partial charge in [0.05, 0.1) is 18.1 Å². The van der Waals surface area contributed by atoms with Gasteiger partial charge in [0.2, 0.25) is 0 Å². The topological polar surface area (TPSA) is 76.3 Å². The maximum Gasteiger partial charge on any atom is 0.166 e. The quantitative estimate of drug-likeness (QED) is 0.670. The van der Waals surface area contributed by atoms with E-state index in [9.17, 15) is 0 Å². The number of thioether (sulfide) groups is 1. The molecule has 0 spiro atoms. The number of nitrogens with zero attached hydrogens (tertiary/aromatic N) is 2. The summed E-state index contributed by atoms with van der Waals surface area (Å²) in [6, 6.07) is 5.68. The molecule has 2 heterocycles. The van der Waals surface area contributed by atoms with Crippen LogP contribution in [0.15, 0.2) is 52.5 Å². The number of benzene rings is 1. The molecule has 22 heavy (non-hydrogen) atoms. The lowest BCUT2D eigenvalue weighted by molar-refractivity contribution is 0.304. The number of hydrogen-bond acceptors (Lipinski definition) is 5. The molecule has 1 aliphatic heterocycles. The minimum atomic E-state index is 0.234. The summed E-state index contributed by atoms with van der Waals surface area (Å²) in [5.74, 6) is 1.85. The summed E-state index contributed by atoms with van der Waals surface area (Å²) in [4.78, 5) is 12.3. The summed E-state index contributed by atoms with van der Waals surface area (Å²) in [7, 11) is 1.67. The smallest absolute Gasteiger partial charge is 0.166 e. The van der Waals surface area contributed by atoms with Crippen LogP contribution < -0.4 is 5.73 Å². The maximum absolute atomic E-state index is 5.79. The van der Waals surface area contributed by atoms with Gasteiger partial charge >= 0.3 is 0 Å². The third kappa shape index (κ3) is 3.17. The molecule has 6 heteroatoms. The summed E-state index contributed by atoms with van der Waals surface area (Å²) < 4.78 is 5.27. The lowest BCUT2D eigenvalue weighted by Crippen LogP contribution is -2.11. The van der Waals surface area contributed by atoms with Gasteiger partial charge in [0.15, 0.2) is 5.16 Å². The molecule has 5 nitrogen and oxygen atoms in total. The van der Waals surface area contributed by atoms with E-state index >= 15 is 0 Å². The van der Waals surface area contributed by atoms with Crippen molar-refractivity contribution in [1.82, 2.24) is 9.97 Å². The maximum atomic E-state index is 5.79. The van der Waals surface area contributed by atoms with E-state index in [1.807, 2.05) is 24.3 Å². The number of aromatic amines is 1. The molecule has 0 amide bonds. The molecule has 2 aromatic rings. The van der Waals surface area contributed by atoms with Gasteiger partial charge in [0.1, 0.15) is 5.76 Å². The fourth-order valence-corrected chi connectivity index (χ4v) is 3.21. The molecule has 1 aromatic heterocycles. The fraction of sp³-hybridized carbons (Fsp3) is 0.250. The number of nitrogens with one attached hydrogen (secondary N) is 1. The van der Waals surface area contributed by atoms with Crippen molar-refractivity contribution in [2.75, 3.05) is 18.6 Å². The monoisotopic (exact) mass is 314 g/mol. The Morgan fingerprint density at radius 2 is 2.27 bits per heavy atom. The number of allylic oxidation sites excluding steroid dienone is 2. The van der Waals surface area contributed by atoms with Gasteiger partial charge in [0.25, 0.3) is 0 Å². The normalized spacial score (nSPS) is 18.0. The molecule has 0 aliphatic carbocycles. The number of nitrogen functional groups attached to an aromatic ring is 1. The molecule has 1 atom stereocenters. The first-order valence-electron chi connectivity index (χ1n) is 7.02. The van der Waals surface area contributed by atoms with Crippen molar-refractivity contribution in [3.8, 4) is 0 Å². The number of hydrogen-bond donors (Lipinski definition) is 2. The predicted octanol–water partition coefficient (Wildman–Crippen LogP) is 3.37. The SMILES string of the molecule is COC1=CC(C)C(CSc2nc3ccc(N)cc3[nH]2)=NC=C1. The zero-order valence-electron chi connectivity index (χ0n) is 12.5. The number of anilines is 1. The summed E-state index contributed by atoms with van der Waals surface area (Å²) in [6.45, 7) is 2.12. The predicted molar refractivity (Wildman–Crippen MR) is 92.1 cm³/mol. The number of methoxy groups -OCH3 is 1. The van der Waals surface area contributed by atoms with Crippen molar-refractivity contribution >= 4 is 34.2 Å². The zero-order chi connectivity index (χ0) is 15.5. The van der Waals surface area contributed by atoms with Crippen molar-refractivity contribution in [2.45, 2.75) is 12.1 Å². The van der Waals surface area contributed by atoms with Crippen LogP contribution in [0.1, 0.15) is 6.92 Å². The summed E-state index contributed by atoms with van der Waals surface area (Å²) in [5, 5.41) is 0.875. The van der Waals surface area contributed by atoms with Crippen molar-refractivity contribution < 1.29 is 4.74 Å². The summed E-state index contributed by atoms with van der Waals surface area (Å²) >= 11 is 1.64. The van der Waals surface area contributed by atoms with E-state index in [0.717, 1.165) is 39.1 Å². The Balaban J connectivity index is 1.72. The van der Waals surface area contributed by atoms with Crippen LogP contribution in [0.25, 0.3) is 11.0 Å². The Morgan fingerprint density at radius 1 is 1.41 bits per heavy atom. The second-order valence-corrected chi connectivity index (χ2v) is 6.07. The molecule has 1 aromatic carbocycles. The Morgan fingerprint density at radius 3 is 3.09 bits per heavy atom. The van der Waals surface area contributed by atoms with E-state index in [1.165, 1.54) is 0 Å². The number of nitrogens with two attached hydrogens (primary N) is 1. The van der Waals surface area contributed by atoms with E-state index < -0.39 is 0 Å². The largest absolute Gasteiger partial charge is 0.497 e. The highest BCUT2D eigenvalue weighted by Crippen LogP contribution is 2.23. The van der Waals surface area contributed by atoms with E-state index in [1.54, 1.807) is 25.1 Å². The average molecular weight is 314 g/mol. The number of H-pyrrole nitrogens is 1. The zero-order valence-corrected chi connectivity index (χ0v) is 13.4. The van der Waals surface area contributed by atoms with Gasteiger partial charge in [-0.1, -0.05) is 18.7 Å². The van der Waals surface area contributed by atoms with Crippen LogP contribution in [0, 0.1) is 5.92 Å². The fourth-order valence-electron chi connectivity index (χ4n) is 2.24. The van der Waals surface area contributed by atoms with Gasteiger partial charge < -0.3 is 15.5 Å². The van der Waals surface area contributed by atoms with E-state index in [0.29, 0.717) is 0 Å². The summed E-state index contributed by atoms with van der Waals surface area (Å²) in [6.07, 6.45) is 5.73. The minimum Gasteiger partial charge on any atom is -0.497 e. The third-order valence-corrected chi connectivity index (χ3v) is 4.40. The van der Waals surface area contributed by atoms with Crippen LogP contribution in [0.5, 0.6) is 0 Å². The standard InChI is InChI=1S/C16H18N4OS/c1-10-7-12(21-2)5-6-18-15(10)9-22-16-19-13-4-3-11(17)8-14(13)20-16/h3-8,10H,9,17H2,1-2H3,(H,19,20). The molecule has 114 valence electrons. The lowest BCUT2D eigenvalue weighted by atomic mass is 10.1. The number of ether oxygens (including phenoxy) is 1. The van der Waals surface area contributed by atoms with Crippen molar-refractivity contribution in [3.63, 3.8) is 0 Å². The second kappa shape index (κ2) is 6.27. The molecule has 0 radical (unpaired) electrons. The van der Waals surface area contributed by atoms with Gasteiger partial charge in [-0.05, 0) is 30.4 Å². The highest BCUT2D eigenvalue weighted by Gasteiger charge is 2.13. The molecule has 0 saturated heterocycles. The van der Waals surface area contributed by atoms with Crippen molar-refractivity contribution in [3.05, 3.63) is 42.3 Å². The lowest BCUT2D eigenvalue weighted by Gasteiger charge is -2.09. The van der Waals surface area contributed by atoms with Gasteiger partial charge in [-0.2, -0.15) is 0 Å². The van der Waals surface area contributed by atoms with Crippen LogP contribution in [-0.2, 0) is 4.74 Å². The number of aromatic nitrogens is 2. The van der Waals surface area contributed by atoms with E-state index in [-0.39, 0.29) is 5.92 Å². The molecule has 0 bridgehead atoms. The van der Waals surface area contributed by atoms with Gasteiger partial charge in [-0.15, -0.1) is 0 Å². The van der Waals surface area contributed by atoms with Crippen LogP contribution in [0.3, 0.4) is 0 Å². The molecule has 1 unspecified atom stereocenters. The van der Waals surface area contributed by atoms with Crippen LogP contribution >= 0.6 is 11.8 Å². The number of rotatable bonds is 4. The van der Waals surface area contributed by atoms with Crippen molar-refractivity contribution in [1.29, 1.82) is 0 Å². The van der Waals surface area contributed by atoms with E-state index in [2.05, 4.69) is 28.0 Å². The van der Waals surface area contributed by atoms with Gasteiger partial charge in [0, 0.05) is 29.3 Å². The Kier molecular flexibility index (Phi) is 4.20. The van der Waals surface area contributed by atoms with E-state index in [4.69, 9.17) is 10.5 Å². The molecule has 1 aliphatic rings. The molecule has 0 fully saturated rings. The molecule has 3 N–H and O–H groups in total. The molecule has 3 rings (SSSR count). The van der Waals surface area contributed by atoms with Crippen LogP contribution in [-0.4, -0.2) is 28.5 Å². The highest BCUT2D eigenvalue weighted by atomic mass is 32.2. The summed E-state index contributed by atoms with van der Waals surface area (Å²) in [5.41, 5.74) is 9.49. The number of fused-ring (bicyclic) bond motifs is 1. The Hall–Kier alpha value is -2.21. The second-order valence-electron chi connectivity index (χ2n) is 5.11. The molecular weight excluding hydrogens is 296 g/mol. The highest BCUT2D eigenvalue weighted by molar-refractivity contribution is 7.99. The Bertz CT molecular complexity index is 776. The van der Waals surface area contributed by atoms with Gasteiger partial charge in [-0.3, -0.25) is 4.99 Å². The minimum absolute atomic E-state index is 0.234. The van der Waals surface area contributed by atoms with Crippen molar-refractivity contribution in [2.24, 2.45) is 10.9 Å². The first kappa shape index (κ1) is 14.7. The first-order chi connectivity index (χ1) is 10.7. The molecule has 0 saturated carbocycles. The molecular formula is C16H18N4OS. The van der Waals surface area contributed by atoms with Crippen LogP contribution in [0.4, 0.5) is 5.69 Å². The number of aliphatic imine (C=N–C) groups is 1. The van der Waals surface area contributed by atoms with Crippen LogP contribution in [0.2, 0.25) is 0 Å². The first-order valence-corrected chi connectivity index (χ1v) is 8.01. The van der Waals surface area contributed by atoms with Gasteiger partial charge in [-0.25, -0.2) is 4.98 Å².